The van der Waals surface area contributed by atoms with Crippen molar-refractivity contribution in [3.8, 4) is 0 Å². The van der Waals surface area contributed by atoms with Gasteiger partial charge in [-0.3, -0.25) is 0 Å². The Balaban J connectivity index is 2.28. The molecule has 0 fully saturated rings. The number of hydrogen-bond donors (Lipinski definition) is 1. The highest BCUT2D eigenvalue weighted by atomic mass is 79.9. The van der Waals surface area contributed by atoms with Gasteiger partial charge in [0.25, 0.3) is 0 Å². The first-order valence-corrected chi connectivity index (χ1v) is 5.22. The van der Waals surface area contributed by atoms with Gasteiger partial charge in [-0.1, -0.05) is 0 Å². The van der Waals surface area contributed by atoms with Gasteiger partial charge in [0.15, 0.2) is 4.67 Å². The number of aliphatic hydroxyl groups excluding tert-OH is 1. The van der Waals surface area contributed by atoms with Gasteiger partial charge in [0.1, 0.15) is 6.10 Å². The Morgan fingerprint density at radius 1 is 1.62 bits per heavy atom. The van der Waals surface area contributed by atoms with Crippen LogP contribution in [0.15, 0.2) is 32.9 Å². The van der Waals surface area contributed by atoms with Gasteiger partial charge in [-0.2, -0.15) is 4.37 Å². The minimum atomic E-state index is -0.693. The van der Waals surface area contributed by atoms with Crippen LogP contribution in [-0.4, -0.2) is 9.48 Å². The Bertz CT molecular complexity index is 385. The summed E-state index contributed by atoms with van der Waals surface area (Å²) in [5.41, 5.74) is 1.36. The maximum Gasteiger partial charge on any atom is 0.169 e. The molecule has 0 saturated carbocycles. The third kappa shape index (κ3) is 1.82. The maximum atomic E-state index is 9.76. The van der Waals surface area contributed by atoms with E-state index < -0.39 is 6.10 Å². The number of aliphatic hydroxyl groups is 1. The third-order valence-electron chi connectivity index (χ3n) is 1.64. The number of rotatable bonds is 2. The van der Waals surface area contributed by atoms with Gasteiger partial charge in [0.05, 0.1) is 12.0 Å². The van der Waals surface area contributed by atoms with E-state index in [1.165, 1.54) is 17.8 Å². The van der Waals surface area contributed by atoms with E-state index in [0.29, 0.717) is 15.9 Å². The fourth-order valence-electron chi connectivity index (χ4n) is 1.00. The van der Waals surface area contributed by atoms with Crippen LogP contribution in [0.2, 0.25) is 0 Å². The van der Waals surface area contributed by atoms with Crippen molar-refractivity contribution in [1.29, 1.82) is 0 Å². The number of halogens is 1. The maximum absolute atomic E-state index is 9.76. The van der Waals surface area contributed by atoms with E-state index in [9.17, 15) is 5.11 Å². The molecule has 0 bridgehead atoms. The number of furan rings is 1. The Morgan fingerprint density at radius 3 is 3.00 bits per heavy atom. The molecule has 0 spiro atoms. The first-order chi connectivity index (χ1) is 6.27. The second-order valence-corrected chi connectivity index (χ2v) is 3.96. The lowest BCUT2D eigenvalue weighted by Crippen LogP contribution is -1.97. The SMILES string of the molecule is OC(c1coc(Br)c1)c1ccsn1. The van der Waals surface area contributed by atoms with Gasteiger partial charge in [-0.25, -0.2) is 0 Å². The highest BCUT2D eigenvalue weighted by molar-refractivity contribution is 9.10. The highest BCUT2D eigenvalue weighted by Crippen LogP contribution is 2.25. The molecule has 0 aromatic carbocycles. The predicted molar refractivity (Wildman–Crippen MR) is 52.6 cm³/mol. The summed E-state index contributed by atoms with van der Waals surface area (Å²) < 4.78 is 9.66. The third-order valence-corrected chi connectivity index (χ3v) is 2.63. The quantitative estimate of drug-likeness (QED) is 0.902. The normalized spacial score (nSPS) is 13.1. The molecule has 2 aromatic heterocycles. The summed E-state index contributed by atoms with van der Waals surface area (Å²) in [5, 5.41) is 11.6. The highest BCUT2D eigenvalue weighted by Gasteiger charge is 2.14. The summed E-state index contributed by atoms with van der Waals surface area (Å²) in [7, 11) is 0. The summed E-state index contributed by atoms with van der Waals surface area (Å²) in [5.74, 6) is 0. The lowest BCUT2D eigenvalue weighted by atomic mass is 10.1. The Labute approximate surface area is 87.3 Å². The van der Waals surface area contributed by atoms with E-state index in [1.54, 1.807) is 12.1 Å². The molecule has 0 saturated heterocycles. The summed E-state index contributed by atoms with van der Waals surface area (Å²) in [4.78, 5) is 0. The van der Waals surface area contributed by atoms with Gasteiger partial charge < -0.3 is 9.52 Å². The molecule has 0 aliphatic heterocycles. The zero-order valence-corrected chi connectivity index (χ0v) is 8.88. The molecule has 13 heavy (non-hydrogen) atoms. The molecule has 1 atom stereocenters. The molecular formula is C8H6BrNO2S. The smallest absolute Gasteiger partial charge is 0.169 e. The minimum absolute atomic E-state index is 0.608. The van der Waals surface area contributed by atoms with Crippen molar-refractivity contribution in [2.45, 2.75) is 6.10 Å². The second-order valence-electron chi connectivity index (χ2n) is 2.51. The van der Waals surface area contributed by atoms with Crippen molar-refractivity contribution < 1.29 is 9.52 Å². The van der Waals surface area contributed by atoms with Crippen LogP contribution in [0.5, 0.6) is 0 Å². The van der Waals surface area contributed by atoms with Crippen molar-refractivity contribution in [3.63, 3.8) is 0 Å². The molecule has 1 N–H and O–H groups in total. The molecule has 2 aromatic rings. The van der Waals surface area contributed by atoms with Crippen molar-refractivity contribution >= 4 is 27.5 Å². The van der Waals surface area contributed by atoms with E-state index in [0.717, 1.165) is 0 Å². The first-order valence-electron chi connectivity index (χ1n) is 3.59. The molecule has 2 rings (SSSR count). The molecule has 0 aliphatic rings. The molecule has 2 heterocycles. The molecule has 0 radical (unpaired) electrons. The molecule has 3 nitrogen and oxygen atoms in total. The van der Waals surface area contributed by atoms with E-state index in [4.69, 9.17) is 4.42 Å². The van der Waals surface area contributed by atoms with Crippen molar-refractivity contribution in [2.24, 2.45) is 0 Å². The average Bonchev–Trinajstić information content (AvgIpc) is 2.72. The molecule has 1 unspecified atom stereocenters. The van der Waals surface area contributed by atoms with Gasteiger partial charge in [-0.05, 0) is 39.6 Å². The molecular weight excluding hydrogens is 254 g/mol. The molecule has 0 amide bonds. The number of nitrogens with zero attached hydrogens (tertiary/aromatic N) is 1. The average molecular weight is 260 g/mol. The fraction of sp³-hybridized carbons (Fsp3) is 0.125. The van der Waals surface area contributed by atoms with Gasteiger partial charge in [-0.15, -0.1) is 0 Å². The van der Waals surface area contributed by atoms with Crippen LogP contribution in [0.4, 0.5) is 0 Å². The summed E-state index contributed by atoms with van der Waals surface area (Å²) in [6.07, 6.45) is 0.815. The topological polar surface area (TPSA) is 46.3 Å². The molecule has 0 aliphatic carbocycles. The fourth-order valence-corrected chi connectivity index (χ4v) is 1.90. The zero-order chi connectivity index (χ0) is 9.26. The van der Waals surface area contributed by atoms with E-state index in [1.807, 2.05) is 5.38 Å². The van der Waals surface area contributed by atoms with Crippen LogP contribution >= 0.6 is 27.5 Å². The molecule has 5 heteroatoms. The Morgan fingerprint density at radius 2 is 2.46 bits per heavy atom. The lowest BCUT2D eigenvalue weighted by molar-refractivity contribution is 0.215. The van der Waals surface area contributed by atoms with Crippen LogP contribution in [0.3, 0.4) is 0 Å². The van der Waals surface area contributed by atoms with Gasteiger partial charge >= 0.3 is 0 Å². The summed E-state index contributed by atoms with van der Waals surface area (Å²) in [6.45, 7) is 0. The largest absolute Gasteiger partial charge is 0.457 e. The van der Waals surface area contributed by atoms with E-state index >= 15 is 0 Å². The standard InChI is InChI=1S/C8H6BrNO2S/c9-7-3-5(4-12-7)8(11)6-1-2-13-10-6/h1-4,8,11H. The van der Waals surface area contributed by atoms with Crippen molar-refractivity contribution in [1.82, 2.24) is 4.37 Å². The monoisotopic (exact) mass is 259 g/mol. The van der Waals surface area contributed by atoms with Crippen LogP contribution in [0, 0.1) is 0 Å². The van der Waals surface area contributed by atoms with Crippen molar-refractivity contribution in [2.75, 3.05) is 0 Å². The van der Waals surface area contributed by atoms with Gasteiger partial charge in [0.2, 0.25) is 0 Å². The Hall–Kier alpha value is -0.650. The second kappa shape index (κ2) is 3.61. The minimum Gasteiger partial charge on any atom is -0.457 e. The molecule has 68 valence electrons. The first kappa shape index (κ1) is 8.93. The Kier molecular flexibility index (Phi) is 2.48. The summed E-state index contributed by atoms with van der Waals surface area (Å²) in [6, 6.07) is 3.51. The van der Waals surface area contributed by atoms with Crippen LogP contribution in [-0.2, 0) is 0 Å². The predicted octanol–water partition coefficient (Wildman–Crippen LogP) is 2.58. The zero-order valence-electron chi connectivity index (χ0n) is 6.48. The number of hydrogen-bond acceptors (Lipinski definition) is 4. The van der Waals surface area contributed by atoms with Crippen LogP contribution in [0.25, 0.3) is 0 Å². The number of aromatic nitrogens is 1. The van der Waals surface area contributed by atoms with Crippen LogP contribution in [0.1, 0.15) is 17.4 Å². The van der Waals surface area contributed by atoms with E-state index in [2.05, 4.69) is 20.3 Å². The lowest BCUT2D eigenvalue weighted by Gasteiger charge is -2.02. The van der Waals surface area contributed by atoms with Crippen LogP contribution < -0.4 is 0 Å². The van der Waals surface area contributed by atoms with Crippen molar-refractivity contribution in [3.05, 3.63) is 39.7 Å². The summed E-state index contributed by atoms with van der Waals surface area (Å²) >= 11 is 4.49. The van der Waals surface area contributed by atoms with Gasteiger partial charge in [0, 0.05) is 10.9 Å². The van der Waals surface area contributed by atoms with E-state index in [-0.39, 0.29) is 0 Å².